The summed E-state index contributed by atoms with van der Waals surface area (Å²) in [6.07, 6.45) is 6.41. The highest BCUT2D eigenvalue weighted by molar-refractivity contribution is 7.99. The van der Waals surface area contributed by atoms with E-state index in [0.29, 0.717) is 29.8 Å². The van der Waals surface area contributed by atoms with Crippen LogP contribution in [-0.4, -0.2) is 48.5 Å². The molecule has 4 heterocycles. The number of H-pyrrole nitrogens is 1. The smallest absolute Gasteiger partial charge is 0.276 e. The van der Waals surface area contributed by atoms with Crippen LogP contribution in [0.1, 0.15) is 17.7 Å². The van der Waals surface area contributed by atoms with Gasteiger partial charge < -0.3 is 9.32 Å². The highest BCUT2D eigenvalue weighted by Crippen LogP contribution is 2.23. The van der Waals surface area contributed by atoms with Crippen molar-refractivity contribution >= 4 is 17.7 Å². The van der Waals surface area contributed by atoms with Gasteiger partial charge in [-0.25, -0.2) is 0 Å². The molecule has 128 valence electrons. The Hall–Kier alpha value is -2.68. The second kappa shape index (κ2) is 7.06. The SMILES string of the molecule is O=C(CCSc1nnc(-c2ccncc2)o1)N1CCc2[nH]ncc2C1. The third kappa shape index (κ3) is 3.55. The van der Waals surface area contributed by atoms with Crippen molar-refractivity contribution in [3.8, 4) is 11.5 Å². The molecule has 0 saturated heterocycles. The number of nitrogens with one attached hydrogen (secondary N) is 1. The van der Waals surface area contributed by atoms with Crippen LogP contribution in [0.3, 0.4) is 0 Å². The molecule has 0 radical (unpaired) electrons. The van der Waals surface area contributed by atoms with E-state index in [-0.39, 0.29) is 5.91 Å². The summed E-state index contributed by atoms with van der Waals surface area (Å²) in [5, 5.41) is 15.5. The highest BCUT2D eigenvalue weighted by Gasteiger charge is 2.21. The number of nitrogens with zero attached hydrogens (tertiary/aromatic N) is 5. The fraction of sp³-hybridized carbons (Fsp3) is 0.312. The Morgan fingerprint density at radius 1 is 1.32 bits per heavy atom. The molecule has 0 aliphatic carbocycles. The predicted molar refractivity (Wildman–Crippen MR) is 90.6 cm³/mol. The molecule has 9 heteroatoms. The average Bonchev–Trinajstić information content (AvgIpc) is 3.31. The monoisotopic (exact) mass is 356 g/mol. The lowest BCUT2D eigenvalue weighted by Crippen LogP contribution is -2.35. The Morgan fingerprint density at radius 2 is 2.20 bits per heavy atom. The zero-order chi connectivity index (χ0) is 17.1. The minimum atomic E-state index is 0.133. The summed E-state index contributed by atoms with van der Waals surface area (Å²) < 4.78 is 5.61. The quantitative estimate of drug-likeness (QED) is 0.697. The molecule has 4 rings (SSSR count). The van der Waals surface area contributed by atoms with Gasteiger partial charge in [0.25, 0.3) is 5.22 Å². The van der Waals surface area contributed by atoms with Crippen LogP contribution in [0.25, 0.3) is 11.5 Å². The minimum Gasteiger partial charge on any atom is -0.411 e. The summed E-state index contributed by atoms with van der Waals surface area (Å²) in [6, 6.07) is 3.62. The number of hydrogen-bond acceptors (Lipinski definition) is 7. The molecule has 3 aromatic rings. The number of fused-ring (bicyclic) bond motifs is 1. The summed E-state index contributed by atoms with van der Waals surface area (Å²) >= 11 is 1.39. The topological polar surface area (TPSA) is 101 Å². The Labute approximate surface area is 148 Å². The maximum absolute atomic E-state index is 12.4. The van der Waals surface area contributed by atoms with Gasteiger partial charge in [-0.2, -0.15) is 5.10 Å². The van der Waals surface area contributed by atoms with E-state index in [2.05, 4.69) is 25.4 Å². The normalized spacial score (nSPS) is 13.7. The average molecular weight is 356 g/mol. The highest BCUT2D eigenvalue weighted by atomic mass is 32.2. The number of aromatic amines is 1. The summed E-state index contributed by atoms with van der Waals surface area (Å²) in [5.74, 6) is 1.19. The van der Waals surface area contributed by atoms with E-state index in [1.54, 1.807) is 18.6 Å². The zero-order valence-electron chi connectivity index (χ0n) is 13.4. The second-order valence-electron chi connectivity index (χ2n) is 5.65. The van der Waals surface area contributed by atoms with Gasteiger partial charge in [-0.15, -0.1) is 10.2 Å². The molecule has 3 aromatic heterocycles. The van der Waals surface area contributed by atoms with Crippen LogP contribution in [0.4, 0.5) is 0 Å². The van der Waals surface area contributed by atoms with Crippen molar-refractivity contribution in [2.24, 2.45) is 0 Å². The first-order valence-electron chi connectivity index (χ1n) is 7.95. The van der Waals surface area contributed by atoms with Crippen LogP contribution in [0.15, 0.2) is 40.4 Å². The lowest BCUT2D eigenvalue weighted by molar-refractivity contribution is -0.131. The Balaban J connectivity index is 1.28. The fourth-order valence-electron chi connectivity index (χ4n) is 2.70. The van der Waals surface area contributed by atoms with E-state index >= 15 is 0 Å². The van der Waals surface area contributed by atoms with Gasteiger partial charge in [-0.1, -0.05) is 11.8 Å². The third-order valence-corrected chi connectivity index (χ3v) is 4.85. The standard InChI is InChI=1S/C16H16N6O2S/c23-14(22-7-3-13-12(10-22)9-18-19-13)4-8-25-16-21-20-15(24-16)11-1-5-17-6-2-11/h1-2,5-6,9H,3-4,7-8,10H2,(H,18,19). The first-order chi connectivity index (χ1) is 12.3. The number of carbonyl (C=O) groups is 1. The van der Waals surface area contributed by atoms with Gasteiger partial charge in [0.1, 0.15) is 0 Å². The fourth-order valence-corrected chi connectivity index (χ4v) is 3.39. The van der Waals surface area contributed by atoms with Gasteiger partial charge in [0.15, 0.2) is 0 Å². The number of carbonyl (C=O) groups excluding carboxylic acids is 1. The number of aromatic nitrogens is 5. The molecule has 0 atom stereocenters. The van der Waals surface area contributed by atoms with E-state index in [1.807, 2.05) is 17.0 Å². The first kappa shape index (κ1) is 15.8. The molecule has 0 bridgehead atoms. The van der Waals surface area contributed by atoms with Crippen molar-refractivity contribution in [1.82, 2.24) is 30.3 Å². The molecule has 0 spiro atoms. The maximum atomic E-state index is 12.4. The lowest BCUT2D eigenvalue weighted by Gasteiger charge is -2.26. The molecule has 1 amide bonds. The summed E-state index contributed by atoms with van der Waals surface area (Å²) in [4.78, 5) is 18.2. The molecule has 1 N–H and O–H groups in total. The zero-order valence-corrected chi connectivity index (χ0v) is 14.2. The van der Waals surface area contributed by atoms with E-state index in [4.69, 9.17) is 4.42 Å². The molecule has 0 fully saturated rings. The van der Waals surface area contributed by atoms with Gasteiger partial charge in [0, 0.05) is 60.9 Å². The predicted octanol–water partition coefficient (Wildman–Crippen LogP) is 1.92. The molecule has 1 aliphatic rings. The van der Waals surface area contributed by atoms with E-state index < -0.39 is 0 Å². The number of hydrogen-bond donors (Lipinski definition) is 1. The summed E-state index contributed by atoms with van der Waals surface area (Å²) in [6.45, 7) is 1.35. The Kier molecular flexibility index (Phi) is 4.47. The molecule has 0 saturated carbocycles. The molecule has 1 aliphatic heterocycles. The van der Waals surface area contributed by atoms with Crippen molar-refractivity contribution in [2.75, 3.05) is 12.3 Å². The van der Waals surface area contributed by atoms with Crippen molar-refractivity contribution in [1.29, 1.82) is 0 Å². The summed E-state index contributed by atoms with van der Waals surface area (Å²) in [5.41, 5.74) is 3.06. The van der Waals surface area contributed by atoms with E-state index in [9.17, 15) is 4.79 Å². The third-order valence-electron chi connectivity index (χ3n) is 4.03. The molecule has 0 aromatic carbocycles. The Morgan fingerprint density at radius 3 is 3.08 bits per heavy atom. The van der Waals surface area contributed by atoms with Crippen LogP contribution in [0.2, 0.25) is 0 Å². The molecule has 8 nitrogen and oxygen atoms in total. The van der Waals surface area contributed by atoms with Gasteiger partial charge in [0.2, 0.25) is 11.8 Å². The molecule has 25 heavy (non-hydrogen) atoms. The minimum absolute atomic E-state index is 0.133. The van der Waals surface area contributed by atoms with Gasteiger partial charge in [-0.05, 0) is 12.1 Å². The van der Waals surface area contributed by atoms with Crippen LogP contribution in [0.5, 0.6) is 0 Å². The van der Waals surface area contributed by atoms with Gasteiger partial charge >= 0.3 is 0 Å². The van der Waals surface area contributed by atoms with Crippen molar-refractivity contribution < 1.29 is 9.21 Å². The van der Waals surface area contributed by atoms with Crippen LogP contribution >= 0.6 is 11.8 Å². The summed E-state index contributed by atoms with van der Waals surface area (Å²) in [7, 11) is 0. The second-order valence-corrected chi connectivity index (χ2v) is 6.69. The van der Waals surface area contributed by atoms with Crippen molar-refractivity contribution in [3.05, 3.63) is 42.0 Å². The lowest BCUT2D eigenvalue weighted by atomic mass is 10.1. The Bertz CT molecular complexity index is 862. The van der Waals surface area contributed by atoms with Crippen molar-refractivity contribution in [3.63, 3.8) is 0 Å². The van der Waals surface area contributed by atoms with E-state index in [0.717, 1.165) is 29.8 Å². The van der Waals surface area contributed by atoms with Crippen LogP contribution in [0, 0.1) is 0 Å². The van der Waals surface area contributed by atoms with Crippen molar-refractivity contribution in [2.45, 2.75) is 24.6 Å². The molecule has 0 unspecified atom stereocenters. The number of thioether (sulfide) groups is 1. The van der Waals surface area contributed by atoms with Gasteiger partial charge in [0.05, 0.1) is 6.20 Å². The van der Waals surface area contributed by atoms with Crippen LogP contribution in [-0.2, 0) is 17.8 Å². The first-order valence-corrected chi connectivity index (χ1v) is 8.94. The van der Waals surface area contributed by atoms with E-state index in [1.165, 1.54) is 11.8 Å². The number of amides is 1. The number of rotatable bonds is 5. The largest absolute Gasteiger partial charge is 0.411 e. The van der Waals surface area contributed by atoms with Crippen LogP contribution < -0.4 is 0 Å². The number of pyridine rings is 1. The maximum Gasteiger partial charge on any atom is 0.276 e. The molecular formula is C16H16N6O2S. The van der Waals surface area contributed by atoms with Gasteiger partial charge in [-0.3, -0.25) is 14.9 Å². The molecular weight excluding hydrogens is 340 g/mol.